The second kappa shape index (κ2) is 6.13. The zero-order valence-corrected chi connectivity index (χ0v) is 14.7. The maximum Gasteiger partial charge on any atom is 0.0797 e. The summed E-state index contributed by atoms with van der Waals surface area (Å²) in [5, 5.41) is 20.3. The van der Waals surface area contributed by atoms with E-state index in [9.17, 15) is 10.2 Å². The Bertz CT molecular complexity index is 439. The number of allylic oxidation sites excluding steroid dienone is 1. The van der Waals surface area contributed by atoms with Crippen LogP contribution in [0.5, 0.6) is 0 Å². The van der Waals surface area contributed by atoms with Gasteiger partial charge >= 0.3 is 0 Å². The molecule has 0 amide bonds. The Hall–Kier alpha value is -0.600. The maximum atomic E-state index is 10.3. The Kier molecular flexibility index (Phi) is 4.94. The fourth-order valence-electron chi connectivity index (χ4n) is 5.34. The van der Waals surface area contributed by atoms with E-state index < -0.39 is 5.60 Å². The molecule has 2 aliphatic rings. The van der Waals surface area contributed by atoms with Gasteiger partial charge in [0.25, 0.3) is 0 Å². The number of hydrogen-bond acceptors (Lipinski definition) is 2. The molecule has 0 aliphatic heterocycles. The summed E-state index contributed by atoms with van der Waals surface area (Å²) in [7, 11) is 0. The van der Waals surface area contributed by atoms with Crippen molar-refractivity contribution < 1.29 is 10.2 Å². The van der Waals surface area contributed by atoms with Gasteiger partial charge in [0.15, 0.2) is 0 Å². The molecule has 0 aromatic carbocycles. The minimum absolute atomic E-state index is 0.0485. The van der Waals surface area contributed by atoms with E-state index in [-0.39, 0.29) is 17.4 Å². The zero-order valence-electron chi connectivity index (χ0n) is 14.7. The topological polar surface area (TPSA) is 40.5 Å². The van der Waals surface area contributed by atoms with Crippen molar-refractivity contribution in [2.75, 3.05) is 6.61 Å². The fraction of sp³-hybridized carbons (Fsp3) is 0.800. The molecule has 22 heavy (non-hydrogen) atoms. The van der Waals surface area contributed by atoms with Crippen LogP contribution >= 0.6 is 0 Å². The van der Waals surface area contributed by atoms with Crippen LogP contribution in [-0.4, -0.2) is 22.4 Å². The summed E-state index contributed by atoms with van der Waals surface area (Å²) in [6, 6.07) is 0. The molecule has 2 fully saturated rings. The molecule has 0 aromatic heterocycles. The van der Waals surface area contributed by atoms with Crippen molar-refractivity contribution >= 4 is 0 Å². The number of aliphatic hydroxyl groups is 2. The molecule has 0 unspecified atom stereocenters. The van der Waals surface area contributed by atoms with Gasteiger partial charge in [-0.25, -0.2) is 0 Å². The van der Waals surface area contributed by atoms with Crippen LogP contribution in [0.15, 0.2) is 24.8 Å². The van der Waals surface area contributed by atoms with Gasteiger partial charge in [0, 0.05) is 6.61 Å². The molecule has 0 spiro atoms. The predicted molar refractivity (Wildman–Crippen MR) is 92.6 cm³/mol. The van der Waals surface area contributed by atoms with Crippen molar-refractivity contribution in [2.45, 2.75) is 71.3 Å². The van der Waals surface area contributed by atoms with Gasteiger partial charge in [-0.3, -0.25) is 0 Å². The van der Waals surface area contributed by atoms with E-state index >= 15 is 0 Å². The smallest absolute Gasteiger partial charge is 0.0797 e. The minimum atomic E-state index is -0.793. The Balaban J connectivity index is 2.24. The Morgan fingerprint density at radius 3 is 2.64 bits per heavy atom. The molecule has 2 nitrogen and oxygen atoms in total. The van der Waals surface area contributed by atoms with Crippen molar-refractivity contribution in [3.8, 4) is 0 Å². The third-order valence-corrected chi connectivity index (χ3v) is 6.88. The van der Waals surface area contributed by atoms with Gasteiger partial charge in [0.1, 0.15) is 0 Å². The molecule has 5 atom stereocenters. The Labute approximate surface area is 136 Å². The van der Waals surface area contributed by atoms with Gasteiger partial charge in [-0.15, -0.1) is 6.58 Å². The van der Waals surface area contributed by atoms with Crippen LogP contribution in [0.4, 0.5) is 0 Å². The van der Waals surface area contributed by atoms with Crippen LogP contribution in [0.2, 0.25) is 0 Å². The first-order valence-corrected chi connectivity index (χ1v) is 8.83. The molecule has 2 saturated carbocycles. The molecule has 0 saturated heterocycles. The molecular formula is C20H34O2. The van der Waals surface area contributed by atoms with Crippen molar-refractivity contribution in [3.63, 3.8) is 0 Å². The highest BCUT2D eigenvalue weighted by Gasteiger charge is 2.54. The molecule has 2 N–H and O–H groups in total. The van der Waals surface area contributed by atoms with Crippen LogP contribution in [-0.2, 0) is 0 Å². The molecule has 2 aliphatic carbocycles. The first kappa shape index (κ1) is 17.7. The van der Waals surface area contributed by atoms with Crippen LogP contribution < -0.4 is 0 Å². The van der Waals surface area contributed by atoms with E-state index in [0.29, 0.717) is 11.8 Å². The number of rotatable bonds is 5. The number of hydrogen-bond donors (Lipinski definition) is 2. The van der Waals surface area contributed by atoms with E-state index in [1.165, 1.54) is 18.4 Å². The molecule has 0 aromatic rings. The Morgan fingerprint density at radius 2 is 2.05 bits per heavy atom. The van der Waals surface area contributed by atoms with Gasteiger partial charge in [0.2, 0.25) is 0 Å². The first-order chi connectivity index (χ1) is 10.2. The summed E-state index contributed by atoms with van der Waals surface area (Å²) >= 11 is 0. The second-order valence-electron chi connectivity index (χ2n) is 8.57. The summed E-state index contributed by atoms with van der Waals surface area (Å²) in [4.78, 5) is 0. The average Bonchev–Trinajstić information content (AvgIpc) is 2.46. The van der Waals surface area contributed by atoms with Gasteiger partial charge in [-0.1, -0.05) is 38.5 Å². The lowest BCUT2D eigenvalue weighted by atomic mass is 9.46. The van der Waals surface area contributed by atoms with E-state index in [1.807, 2.05) is 6.92 Å². The Morgan fingerprint density at radius 1 is 1.36 bits per heavy atom. The molecule has 0 bridgehead atoms. The minimum Gasteiger partial charge on any atom is -0.396 e. The molecule has 2 rings (SSSR count). The normalized spacial score (nSPS) is 41.6. The molecular weight excluding hydrogens is 272 g/mol. The highest BCUT2D eigenvalue weighted by molar-refractivity contribution is 5.16. The lowest BCUT2D eigenvalue weighted by Crippen LogP contribution is -2.52. The quantitative estimate of drug-likeness (QED) is 0.735. The van der Waals surface area contributed by atoms with Gasteiger partial charge in [0.05, 0.1) is 5.60 Å². The van der Waals surface area contributed by atoms with E-state index in [0.717, 1.165) is 32.1 Å². The molecule has 2 heteroatoms. The molecule has 126 valence electrons. The maximum absolute atomic E-state index is 10.3. The summed E-state index contributed by atoms with van der Waals surface area (Å²) in [6.45, 7) is 14.9. The van der Waals surface area contributed by atoms with Gasteiger partial charge in [-0.2, -0.15) is 0 Å². The van der Waals surface area contributed by atoms with Crippen molar-refractivity contribution in [3.05, 3.63) is 24.8 Å². The lowest BCUT2D eigenvalue weighted by molar-refractivity contribution is -0.0885. The third-order valence-electron chi connectivity index (χ3n) is 6.88. The summed E-state index contributed by atoms with van der Waals surface area (Å²) in [5.41, 5.74) is 0.814. The summed E-state index contributed by atoms with van der Waals surface area (Å²) in [6.07, 6.45) is 9.10. The molecule has 0 heterocycles. The van der Waals surface area contributed by atoms with E-state index in [1.54, 1.807) is 6.08 Å². The standard InChI is InChI=1S/C20H34O2/c1-6-19(4,22)13-10-16-15(2)8-9-17-18(3,14-21)11-7-12-20(16,17)5/h6,16-17,21-22H,1-2,7-14H2,3-5H3/t16-,17+,18+,19+,20+/m0/s1. The van der Waals surface area contributed by atoms with E-state index in [4.69, 9.17) is 0 Å². The van der Waals surface area contributed by atoms with Crippen molar-refractivity contribution in [1.29, 1.82) is 0 Å². The largest absolute Gasteiger partial charge is 0.396 e. The number of fused-ring (bicyclic) bond motifs is 1. The second-order valence-corrected chi connectivity index (χ2v) is 8.57. The lowest BCUT2D eigenvalue weighted by Gasteiger charge is -2.58. The van der Waals surface area contributed by atoms with Crippen LogP contribution in [0, 0.1) is 22.7 Å². The summed E-state index contributed by atoms with van der Waals surface area (Å²) in [5.74, 6) is 1.01. The third kappa shape index (κ3) is 3.05. The van der Waals surface area contributed by atoms with Crippen LogP contribution in [0.1, 0.15) is 65.7 Å². The first-order valence-electron chi connectivity index (χ1n) is 8.83. The monoisotopic (exact) mass is 306 g/mol. The number of aliphatic hydroxyl groups excluding tert-OH is 1. The predicted octanol–water partition coefficient (Wildman–Crippen LogP) is 4.47. The van der Waals surface area contributed by atoms with Crippen LogP contribution in [0.3, 0.4) is 0 Å². The SMILES string of the molecule is C=C[C@@](C)(O)CC[C@H]1C(=C)CC[C@@H]2[C@@](C)(CO)CCC[C@@]21C. The highest BCUT2D eigenvalue weighted by atomic mass is 16.3. The van der Waals surface area contributed by atoms with Crippen LogP contribution in [0.25, 0.3) is 0 Å². The summed E-state index contributed by atoms with van der Waals surface area (Å²) < 4.78 is 0. The average molecular weight is 306 g/mol. The van der Waals surface area contributed by atoms with Gasteiger partial charge in [-0.05, 0) is 68.1 Å². The fourth-order valence-corrected chi connectivity index (χ4v) is 5.34. The highest BCUT2D eigenvalue weighted by Crippen LogP contribution is 2.61. The zero-order chi connectivity index (χ0) is 16.6. The van der Waals surface area contributed by atoms with Crippen molar-refractivity contribution in [2.24, 2.45) is 22.7 Å². The van der Waals surface area contributed by atoms with E-state index in [2.05, 4.69) is 27.0 Å². The molecule has 0 radical (unpaired) electrons. The van der Waals surface area contributed by atoms with Gasteiger partial charge < -0.3 is 10.2 Å². The van der Waals surface area contributed by atoms with Crippen molar-refractivity contribution in [1.82, 2.24) is 0 Å².